The smallest absolute Gasteiger partial charge is 0.335 e. The van der Waals surface area contributed by atoms with Gasteiger partial charge in [-0.1, -0.05) is 23.2 Å². The first-order valence-corrected chi connectivity index (χ1v) is 6.74. The van der Waals surface area contributed by atoms with Gasteiger partial charge in [-0.15, -0.1) is 0 Å². The lowest BCUT2D eigenvalue weighted by molar-refractivity contribution is 0.0696. The topological polar surface area (TPSA) is 66.4 Å². The van der Waals surface area contributed by atoms with Crippen molar-refractivity contribution in [2.45, 2.75) is 6.92 Å². The van der Waals surface area contributed by atoms with Crippen molar-refractivity contribution < 1.29 is 14.7 Å². The van der Waals surface area contributed by atoms with Crippen LogP contribution >= 0.6 is 23.2 Å². The van der Waals surface area contributed by atoms with E-state index in [2.05, 4.69) is 5.32 Å². The van der Waals surface area contributed by atoms with Crippen LogP contribution in [0.2, 0.25) is 10.0 Å². The van der Waals surface area contributed by atoms with E-state index in [9.17, 15) is 9.59 Å². The first kappa shape index (κ1) is 15.4. The van der Waals surface area contributed by atoms with E-state index in [1.165, 1.54) is 24.3 Å². The van der Waals surface area contributed by atoms with E-state index >= 15 is 0 Å². The summed E-state index contributed by atoms with van der Waals surface area (Å²) in [6.45, 7) is 1.71. The first-order chi connectivity index (χ1) is 9.88. The highest BCUT2D eigenvalue weighted by molar-refractivity contribution is 6.36. The Labute approximate surface area is 131 Å². The van der Waals surface area contributed by atoms with Gasteiger partial charge in [0.05, 0.1) is 16.1 Å². The van der Waals surface area contributed by atoms with Gasteiger partial charge in [0.25, 0.3) is 5.91 Å². The molecule has 0 heterocycles. The number of rotatable bonds is 3. The lowest BCUT2D eigenvalue weighted by Gasteiger charge is -2.10. The number of benzene rings is 2. The zero-order valence-electron chi connectivity index (χ0n) is 11.0. The van der Waals surface area contributed by atoms with Gasteiger partial charge in [0, 0.05) is 10.7 Å². The Balaban J connectivity index is 2.27. The second-order valence-corrected chi connectivity index (χ2v) is 5.26. The Morgan fingerprint density at radius 3 is 2.43 bits per heavy atom. The van der Waals surface area contributed by atoms with E-state index in [0.29, 0.717) is 16.3 Å². The maximum absolute atomic E-state index is 12.2. The molecule has 0 bridgehead atoms. The first-order valence-electron chi connectivity index (χ1n) is 5.99. The lowest BCUT2D eigenvalue weighted by Crippen LogP contribution is -2.13. The molecule has 108 valence electrons. The Kier molecular flexibility index (Phi) is 4.50. The van der Waals surface area contributed by atoms with Gasteiger partial charge < -0.3 is 10.4 Å². The van der Waals surface area contributed by atoms with Crippen molar-refractivity contribution in [3.63, 3.8) is 0 Å². The molecule has 0 atom stereocenters. The number of carbonyl (C=O) groups excluding carboxylic acids is 1. The molecule has 6 heteroatoms. The van der Waals surface area contributed by atoms with Crippen LogP contribution < -0.4 is 5.32 Å². The molecule has 2 N–H and O–H groups in total. The van der Waals surface area contributed by atoms with Crippen LogP contribution in [0.25, 0.3) is 0 Å². The van der Waals surface area contributed by atoms with Crippen LogP contribution in [0.4, 0.5) is 5.69 Å². The molecule has 2 aromatic rings. The molecular formula is C15H11Cl2NO3. The van der Waals surface area contributed by atoms with Crippen molar-refractivity contribution in [3.05, 3.63) is 63.1 Å². The van der Waals surface area contributed by atoms with Crippen molar-refractivity contribution in [1.29, 1.82) is 0 Å². The number of hydrogen-bond donors (Lipinski definition) is 2. The van der Waals surface area contributed by atoms with Crippen LogP contribution in [-0.4, -0.2) is 17.0 Å². The molecule has 0 saturated carbocycles. The summed E-state index contributed by atoms with van der Waals surface area (Å²) in [5, 5.41) is 12.3. The number of nitrogens with one attached hydrogen (secondary N) is 1. The average Bonchev–Trinajstić information content (AvgIpc) is 2.43. The number of amides is 1. The van der Waals surface area contributed by atoms with Gasteiger partial charge in [0.2, 0.25) is 0 Å². The molecular weight excluding hydrogens is 313 g/mol. The van der Waals surface area contributed by atoms with E-state index < -0.39 is 11.9 Å². The van der Waals surface area contributed by atoms with Crippen LogP contribution in [-0.2, 0) is 0 Å². The molecule has 0 aromatic heterocycles. The third kappa shape index (κ3) is 3.54. The fourth-order valence-corrected chi connectivity index (χ4v) is 2.17. The molecule has 4 nitrogen and oxygen atoms in total. The molecule has 2 aromatic carbocycles. The van der Waals surface area contributed by atoms with Crippen molar-refractivity contribution in [2.24, 2.45) is 0 Å². The number of carboxylic acid groups (broad SMARTS) is 1. The number of carboxylic acids is 1. The Bertz CT molecular complexity index is 729. The molecule has 2 rings (SSSR count). The van der Waals surface area contributed by atoms with Crippen LogP contribution in [0.3, 0.4) is 0 Å². The zero-order valence-corrected chi connectivity index (χ0v) is 12.5. The highest BCUT2D eigenvalue weighted by Crippen LogP contribution is 2.23. The van der Waals surface area contributed by atoms with Gasteiger partial charge in [-0.05, 0) is 48.9 Å². The second kappa shape index (κ2) is 6.16. The maximum Gasteiger partial charge on any atom is 0.335 e. The van der Waals surface area contributed by atoms with E-state index in [1.54, 1.807) is 19.1 Å². The number of hydrogen-bond acceptors (Lipinski definition) is 2. The van der Waals surface area contributed by atoms with Crippen molar-refractivity contribution in [2.75, 3.05) is 5.32 Å². The van der Waals surface area contributed by atoms with Gasteiger partial charge in [-0.25, -0.2) is 4.79 Å². The third-order valence-electron chi connectivity index (χ3n) is 2.89. The molecule has 0 aliphatic carbocycles. The normalized spacial score (nSPS) is 10.2. The summed E-state index contributed by atoms with van der Waals surface area (Å²) in [5.41, 5.74) is 1.57. The second-order valence-electron chi connectivity index (χ2n) is 4.41. The lowest BCUT2D eigenvalue weighted by atomic mass is 10.1. The van der Waals surface area contributed by atoms with Crippen molar-refractivity contribution >= 4 is 40.8 Å². The number of halogens is 2. The fourth-order valence-electron chi connectivity index (χ4n) is 1.80. The molecule has 21 heavy (non-hydrogen) atoms. The highest BCUT2D eigenvalue weighted by Gasteiger charge is 2.13. The highest BCUT2D eigenvalue weighted by atomic mass is 35.5. The molecule has 0 unspecified atom stereocenters. The zero-order chi connectivity index (χ0) is 15.6. The Hall–Kier alpha value is -2.04. The molecule has 0 aliphatic rings. The minimum absolute atomic E-state index is 0.159. The standard InChI is InChI=1S/C15H11Cl2NO3/c1-8-6-9(15(20)21)2-5-13(8)18-14(19)11-7-10(16)3-4-12(11)17/h2-7H,1H3,(H,18,19)(H,20,21). The minimum atomic E-state index is -1.02. The van der Waals surface area contributed by atoms with Gasteiger partial charge in [-0.3, -0.25) is 4.79 Å². The summed E-state index contributed by atoms with van der Waals surface area (Å²) in [6.07, 6.45) is 0. The van der Waals surface area contributed by atoms with Gasteiger partial charge in [-0.2, -0.15) is 0 Å². The summed E-state index contributed by atoms with van der Waals surface area (Å²) in [4.78, 5) is 23.1. The van der Waals surface area contributed by atoms with Crippen LogP contribution in [0.5, 0.6) is 0 Å². The third-order valence-corrected chi connectivity index (χ3v) is 3.46. The average molecular weight is 324 g/mol. The summed E-state index contributed by atoms with van der Waals surface area (Å²) in [6, 6.07) is 9.05. The Morgan fingerprint density at radius 2 is 1.81 bits per heavy atom. The summed E-state index contributed by atoms with van der Waals surface area (Å²) in [5.74, 6) is -1.43. The molecule has 1 amide bonds. The number of carbonyl (C=O) groups is 2. The maximum atomic E-state index is 12.2. The summed E-state index contributed by atoms with van der Waals surface area (Å²) < 4.78 is 0. The molecule has 0 aliphatic heterocycles. The van der Waals surface area contributed by atoms with E-state index in [1.807, 2.05) is 0 Å². The molecule has 0 radical (unpaired) electrons. The SMILES string of the molecule is Cc1cc(C(=O)O)ccc1NC(=O)c1cc(Cl)ccc1Cl. The van der Waals surface area contributed by atoms with Crippen molar-refractivity contribution in [3.8, 4) is 0 Å². The fraction of sp³-hybridized carbons (Fsp3) is 0.0667. The van der Waals surface area contributed by atoms with E-state index in [0.717, 1.165) is 0 Å². The predicted molar refractivity (Wildman–Crippen MR) is 82.6 cm³/mol. The van der Waals surface area contributed by atoms with Gasteiger partial charge in [0.1, 0.15) is 0 Å². The monoisotopic (exact) mass is 323 g/mol. The molecule has 0 fully saturated rings. The molecule has 0 spiro atoms. The van der Waals surface area contributed by atoms with Crippen LogP contribution in [0.1, 0.15) is 26.3 Å². The van der Waals surface area contributed by atoms with E-state index in [-0.39, 0.29) is 16.1 Å². The Morgan fingerprint density at radius 1 is 1.10 bits per heavy atom. The quantitative estimate of drug-likeness (QED) is 0.887. The van der Waals surface area contributed by atoms with Gasteiger partial charge >= 0.3 is 5.97 Å². The van der Waals surface area contributed by atoms with Crippen LogP contribution in [0.15, 0.2) is 36.4 Å². The van der Waals surface area contributed by atoms with Crippen LogP contribution in [0, 0.1) is 6.92 Å². The van der Waals surface area contributed by atoms with E-state index in [4.69, 9.17) is 28.3 Å². The summed E-state index contributed by atoms with van der Waals surface area (Å²) >= 11 is 11.8. The van der Waals surface area contributed by atoms with Gasteiger partial charge in [0.15, 0.2) is 0 Å². The number of anilines is 1. The summed E-state index contributed by atoms with van der Waals surface area (Å²) in [7, 11) is 0. The number of aryl methyl sites for hydroxylation is 1. The molecule has 0 saturated heterocycles. The largest absolute Gasteiger partial charge is 0.478 e. The van der Waals surface area contributed by atoms with Crippen molar-refractivity contribution in [1.82, 2.24) is 0 Å². The minimum Gasteiger partial charge on any atom is -0.478 e. The number of aromatic carboxylic acids is 1. The predicted octanol–water partition coefficient (Wildman–Crippen LogP) is 4.25.